The highest BCUT2D eigenvalue weighted by Crippen LogP contribution is 2.23. The van der Waals surface area contributed by atoms with E-state index in [0.717, 1.165) is 28.5 Å². The normalized spacial score (nSPS) is 12.2. The minimum atomic E-state index is -0.113. The van der Waals surface area contributed by atoms with Crippen LogP contribution in [0, 0.1) is 20.8 Å². The van der Waals surface area contributed by atoms with Crippen molar-refractivity contribution in [1.82, 2.24) is 15.1 Å². The van der Waals surface area contributed by atoms with Gasteiger partial charge in [-0.2, -0.15) is 5.10 Å². The number of aromatic nitrogens is 2. The summed E-state index contributed by atoms with van der Waals surface area (Å²) in [5.74, 6) is 0.690. The molecule has 0 bridgehead atoms. The topological polar surface area (TPSA) is 72.1 Å². The number of nitrogens with one attached hydrogen (secondary N) is 2. The van der Waals surface area contributed by atoms with Crippen LogP contribution in [0.5, 0.6) is 0 Å². The van der Waals surface area contributed by atoms with E-state index in [9.17, 15) is 4.79 Å². The fourth-order valence-electron chi connectivity index (χ4n) is 2.83. The average Bonchev–Trinajstić information content (AvgIpc) is 3.25. The second kappa shape index (κ2) is 7.58. The van der Waals surface area contributed by atoms with Crippen LogP contribution in [0.25, 0.3) is 5.69 Å². The molecular weight excluding hydrogens is 328 g/mol. The Morgan fingerprint density at radius 1 is 1.19 bits per heavy atom. The number of hydrogen-bond acceptors (Lipinski definition) is 4. The maximum absolute atomic E-state index is 12.3. The molecule has 26 heavy (non-hydrogen) atoms. The summed E-state index contributed by atoms with van der Waals surface area (Å²) in [4.78, 5) is 12.3. The van der Waals surface area contributed by atoms with Gasteiger partial charge in [0.2, 0.25) is 5.91 Å². The van der Waals surface area contributed by atoms with Crippen molar-refractivity contribution in [2.45, 2.75) is 33.7 Å². The molecule has 3 rings (SSSR count). The maximum atomic E-state index is 12.3. The molecule has 1 aromatic carbocycles. The van der Waals surface area contributed by atoms with Gasteiger partial charge in [-0.3, -0.25) is 10.1 Å². The van der Waals surface area contributed by atoms with Crippen molar-refractivity contribution in [2.24, 2.45) is 0 Å². The summed E-state index contributed by atoms with van der Waals surface area (Å²) in [6, 6.07) is 11.8. The molecule has 0 unspecified atom stereocenters. The molecule has 0 aliphatic carbocycles. The number of benzene rings is 1. The Bertz CT molecular complexity index is 879. The van der Waals surface area contributed by atoms with Gasteiger partial charge in [-0.05, 0) is 52.0 Å². The van der Waals surface area contributed by atoms with Crippen LogP contribution in [0.15, 0.2) is 47.1 Å². The molecule has 0 saturated carbocycles. The fourth-order valence-corrected chi connectivity index (χ4v) is 2.83. The van der Waals surface area contributed by atoms with E-state index in [2.05, 4.69) is 15.7 Å². The molecule has 136 valence electrons. The van der Waals surface area contributed by atoms with Gasteiger partial charge >= 0.3 is 0 Å². The smallest absolute Gasteiger partial charge is 0.238 e. The van der Waals surface area contributed by atoms with Crippen LogP contribution < -0.4 is 10.6 Å². The minimum Gasteiger partial charge on any atom is -0.468 e. The molecule has 0 spiro atoms. The molecule has 0 aliphatic heterocycles. The Morgan fingerprint density at radius 3 is 2.58 bits per heavy atom. The number of furan rings is 1. The Hall–Kier alpha value is -2.86. The summed E-state index contributed by atoms with van der Waals surface area (Å²) in [7, 11) is 0. The molecular formula is C20H24N4O2. The van der Waals surface area contributed by atoms with E-state index in [4.69, 9.17) is 4.42 Å². The molecule has 2 aromatic heterocycles. The molecule has 3 aromatic rings. The summed E-state index contributed by atoms with van der Waals surface area (Å²) in [5, 5.41) is 10.7. The molecule has 0 saturated heterocycles. The number of rotatable bonds is 6. The van der Waals surface area contributed by atoms with Gasteiger partial charge < -0.3 is 9.73 Å². The van der Waals surface area contributed by atoms with E-state index in [1.54, 1.807) is 6.26 Å². The molecule has 1 amide bonds. The number of aryl methyl sites for hydroxylation is 2. The van der Waals surface area contributed by atoms with Crippen molar-refractivity contribution in [2.75, 3.05) is 11.9 Å². The Labute approximate surface area is 153 Å². The van der Waals surface area contributed by atoms with Gasteiger partial charge in [0.25, 0.3) is 0 Å². The zero-order chi connectivity index (χ0) is 18.7. The van der Waals surface area contributed by atoms with Crippen molar-refractivity contribution in [3.05, 3.63) is 65.4 Å². The van der Waals surface area contributed by atoms with Gasteiger partial charge in [0.1, 0.15) is 5.76 Å². The fraction of sp³-hybridized carbons (Fsp3) is 0.300. The van der Waals surface area contributed by atoms with Crippen molar-refractivity contribution in [3.8, 4) is 5.69 Å². The predicted octanol–water partition coefficient (Wildman–Crippen LogP) is 3.68. The van der Waals surface area contributed by atoms with Crippen LogP contribution in [0.1, 0.15) is 35.7 Å². The minimum absolute atomic E-state index is 0.0341. The number of carbonyl (C=O) groups excluding carboxylic acids is 1. The number of hydrogen-bond donors (Lipinski definition) is 2. The second-order valence-electron chi connectivity index (χ2n) is 6.46. The predicted molar refractivity (Wildman–Crippen MR) is 102 cm³/mol. The van der Waals surface area contributed by atoms with Crippen molar-refractivity contribution < 1.29 is 9.21 Å². The highest BCUT2D eigenvalue weighted by Gasteiger charge is 2.16. The van der Waals surface area contributed by atoms with Crippen LogP contribution in [0.2, 0.25) is 0 Å². The molecule has 2 N–H and O–H groups in total. The number of anilines is 1. The lowest BCUT2D eigenvalue weighted by atomic mass is 10.2. The quantitative estimate of drug-likeness (QED) is 0.710. The van der Waals surface area contributed by atoms with Crippen LogP contribution in [-0.2, 0) is 4.79 Å². The monoisotopic (exact) mass is 352 g/mol. The number of carbonyl (C=O) groups is 1. The van der Waals surface area contributed by atoms with E-state index in [-0.39, 0.29) is 18.5 Å². The number of nitrogens with zero attached hydrogens (tertiary/aromatic N) is 2. The lowest BCUT2D eigenvalue weighted by Crippen LogP contribution is -2.30. The zero-order valence-corrected chi connectivity index (χ0v) is 15.5. The largest absolute Gasteiger partial charge is 0.468 e. The Balaban J connectivity index is 1.68. The van der Waals surface area contributed by atoms with E-state index >= 15 is 0 Å². The van der Waals surface area contributed by atoms with Crippen molar-refractivity contribution >= 4 is 11.6 Å². The van der Waals surface area contributed by atoms with E-state index in [1.165, 1.54) is 5.56 Å². The number of amides is 1. The second-order valence-corrected chi connectivity index (χ2v) is 6.46. The molecule has 6 nitrogen and oxygen atoms in total. The average molecular weight is 352 g/mol. The Kier molecular flexibility index (Phi) is 5.23. The maximum Gasteiger partial charge on any atom is 0.238 e. The molecule has 0 fully saturated rings. The van der Waals surface area contributed by atoms with Crippen LogP contribution >= 0.6 is 0 Å². The summed E-state index contributed by atoms with van der Waals surface area (Å²) < 4.78 is 7.19. The van der Waals surface area contributed by atoms with Crippen molar-refractivity contribution in [3.63, 3.8) is 0 Å². The van der Waals surface area contributed by atoms with E-state index in [0.29, 0.717) is 0 Å². The zero-order valence-electron chi connectivity index (χ0n) is 15.5. The van der Waals surface area contributed by atoms with Crippen LogP contribution in [0.4, 0.5) is 5.69 Å². The van der Waals surface area contributed by atoms with Gasteiger partial charge in [0.05, 0.1) is 41.6 Å². The van der Waals surface area contributed by atoms with Gasteiger partial charge in [0, 0.05) is 0 Å². The van der Waals surface area contributed by atoms with Crippen molar-refractivity contribution in [1.29, 1.82) is 0 Å². The highest BCUT2D eigenvalue weighted by atomic mass is 16.3. The third-order valence-electron chi connectivity index (χ3n) is 4.37. The molecule has 6 heteroatoms. The lowest BCUT2D eigenvalue weighted by molar-refractivity contribution is -0.115. The first-order chi connectivity index (χ1) is 12.5. The van der Waals surface area contributed by atoms with Gasteiger partial charge in [-0.1, -0.05) is 17.7 Å². The molecule has 0 radical (unpaired) electrons. The third-order valence-corrected chi connectivity index (χ3v) is 4.37. The standard InChI is InChI=1S/C20H24N4O2/c1-13-7-9-17(10-8-13)24-16(4)20(15(3)23-24)22-19(25)12-21-14(2)18-6-5-11-26-18/h5-11,14,21H,12H2,1-4H3,(H,22,25)/t14-/m0/s1. The summed E-state index contributed by atoms with van der Waals surface area (Å²) in [5.41, 5.74) is 4.61. The summed E-state index contributed by atoms with van der Waals surface area (Å²) in [6.07, 6.45) is 1.62. The first kappa shape index (κ1) is 17.9. The van der Waals surface area contributed by atoms with Gasteiger partial charge in [0.15, 0.2) is 0 Å². The van der Waals surface area contributed by atoms with Gasteiger partial charge in [-0.25, -0.2) is 4.68 Å². The van der Waals surface area contributed by atoms with Crippen LogP contribution in [-0.4, -0.2) is 22.2 Å². The first-order valence-electron chi connectivity index (χ1n) is 8.65. The summed E-state index contributed by atoms with van der Waals surface area (Å²) in [6.45, 7) is 8.04. The molecule has 1 atom stereocenters. The Morgan fingerprint density at radius 2 is 1.92 bits per heavy atom. The van der Waals surface area contributed by atoms with E-state index < -0.39 is 0 Å². The first-order valence-corrected chi connectivity index (χ1v) is 8.65. The van der Waals surface area contributed by atoms with Crippen LogP contribution in [0.3, 0.4) is 0 Å². The lowest BCUT2D eigenvalue weighted by Gasteiger charge is -2.12. The van der Waals surface area contributed by atoms with E-state index in [1.807, 2.05) is 68.8 Å². The van der Waals surface area contributed by atoms with Gasteiger partial charge in [-0.15, -0.1) is 0 Å². The molecule has 2 heterocycles. The summed E-state index contributed by atoms with van der Waals surface area (Å²) >= 11 is 0. The molecule has 0 aliphatic rings. The third kappa shape index (κ3) is 3.86. The highest BCUT2D eigenvalue weighted by molar-refractivity contribution is 5.93. The SMILES string of the molecule is Cc1ccc(-n2nc(C)c(NC(=O)CN[C@@H](C)c3ccco3)c2C)cc1.